The Bertz CT molecular complexity index is 874. The molecular formula is C24H29N3O2. The van der Waals surface area contributed by atoms with Crippen molar-refractivity contribution in [1.29, 1.82) is 0 Å². The number of rotatable bonds is 3. The second-order valence-corrected chi connectivity index (χ2v) is 8.51. The van der Waals surface area contributed by atoms with E-state index in [9.17, 15) is 4.79 Å². The molecule has 0 aromatic heterocycles. The average molecular weight is 392 g/mol. The summed E-state index contributed by atoms with van der Waals surface area (Å²) in [5.41, 5.74) is 3.69. The maximum absolute atomic E-state index is 13.4. The quantitative estimate of drug-likeness (QED) is 0.872. The Morgan fingerprint density at radius 3 is 2.48 bits per heavy atom. The van der Waals surface area contributed by atoms with E-state index in [1.165, 1.54) is 37.1 Å². The molecule has 1 N–H and O–H groups in total. The molecule has 2 aromatic carbocycles. The number of nitrogens with one attached hydrogen (secondary N) is 1. The molecule has 29 heavy (non-hydrogen) atoms. The Hall–Kier alpha value is -2.53. The fraction of sp³-hybridized carbons (Fsp3) is 0.458. The molecular weight excluding hydrogens is 362 g/mol. The SMILES string of the molecule is COc1ccc([C@@H]2c3ccccc3CCN2C(=O)N[C@@H]2CN3CCC2CC3)cc1. The minimum absolute atomic E-state index is 0.0630. The highest BCUT2D eigenvalue weighted by Gasteiger charge is 2.38. The number of ether oxygens (including phenoxy) is 1. The lowest BCUT2D eigenvalue weighted by Crippen LogP contribution is -2.59. The smallest absolute Gasteiger partial charge is 0.318 e. The Morgan fingerprint density at radius 1 is 1.03 bits per heavy atom. The summed E-state index contributed by atoms with van der Waals surface area (Å²) >= 11 is 0. The van der Waals surface area contributed by atoms with Gasteiger partial charge in [-0.3, -0.25) is 0 Å². The van der Waals surface area contributed by atoms with Gasteiger partial charge in [0.15, 0.2) is 0 Å². The number of fused-ring (bicyclic) bond motifs is 4. The molecule has 2 bridgehead atoms. The summed E-state index contributed by atoms with van der Waals surface area (Å²) in [5, 5.41) is 3.39. The van der Waals surface area contributed by atoms with E-state index in [2.05, 4.69) is 46.6 Å². The molecule has 0 saturated carbocycles. The van der Waals surface area contributed by atoms with Gasteiger partial charge in [0.2, 0.25) is 0 Å². The highest BCUT2D eigenvalue weighted by atomic mass is 16.5. The molecule has 5 heteroatoms. The first-order chi connectivity index (χ1) is 14.2. The van der Waals surface area contributed by atoms with Gasteiger partial charge >= 0.3 is 6.03 Å². The lowest BCUT2D eigenvalue weighted by atomic mass is 9.84. The van der Waals surface area contributed by atoms with E-state index in [0.717, 1.165) is 30.8 Å². The monoisotopic (exact) mass is 391 g/mol. The Balaban J connectivity index is 1.43. The number of hydrogen-bond donors (Lipinski definition) is 1. The van der Waals surface area contributed by atoms with Crippen LogP contribution in [0.15, 0.2) is 48.5 Å². The van der Waals surface area contributed by atoms with Crippen molar-refractivity contribution in [1.82, 2.24) is 15.1 Å². The minimum atomic E-state index is -0.0630. The summed E-state index contributed by atoms with van der Waals surface area (Å²) in [6.07, 6.45) is 3.31. The summed E-state index contributed by atoms with van der Waals surface area (Å²) in [6.45, 7) is 4.10. The van der Waals surface area contributed by atoms with Crippen LogP contribution in [-0.4, -0.2) is 55.2 Å². The van der Waals surface area contributed by atoms with Crippen molar-refractivity contribution >= 4 is 6.03 Å². The van der Waals surface area contributed by atoms with Crippen LogP contribution in [0.3, 0.4) is 0 Å². The van der Waals surface area contributed by atoms with Crippen molar-refractivity contribution in [2.75, 3.05) is 33.3 Å². The lowest BCUT2D eigenvalue weighted by molar-refractivity contribution is 0.0715. The minimum Gasteiger partial charge on any atom is -0.497 e. The van der Waals surface area contributed by atoms with Crippen molar-refractivity contribution in [3.8, 4) is 5.75 Å². The number of piperidine rings is 3. The molecule has 0 spiro atoms. The summed E-state index contributed by atoms with van der Waals surface area (Å²) in [4.78, 5) is 17.9. The number of hydrogen-bond acceptors (Lipinski definition) is 3. The molecule has 4 aliphatic rings. The van der Waals surface area contributed by atoms with Crippen molar-refractivity contribution in [3.63, 3.8) is 0 Å². The van der Waals surface area contributed by atoms with Crippen LogP contribution >= 0.6 is 0 Å². The van der Waals surface area contributed by atoms with Crippen LogP contribution in [0.5, 0.6) is 5.75 Å². The maximum atomic E-state index is 13.4. The van der Waals surface area contributed by atoms with Crippen molar-refractivity contribution in [2.45, 2.75) is 31.3 Å². The Kier molecular flexibility index (Phi) is 4.92. The molecule has 2 atom stereocenters. The zero-order valence-corrected chi connectivity index (χ0v) is 17.0. The summed E-state index contributed by atoms with van der Waals surface area (Å²) < 4.78 is 5.33. The molecule has 0 aliphatic carbocycles. The third-order valence-electron chi connectivity index (χ3n) is 6.94. The number of carbonyl (C=O) groups excluding carboxylic acids is 1. The zero-order chi connectivity index (χ0) is 19.8. The first-order valence-corrected chi connectivity index (χ1v) is 10.7. The van der Waals surface area contributed by atoms with Gasteiger partial charge in [0.25, 0.3) is 0 Å². The Labute approximate surface area is 172 Å². The first kappa shape index (κ1) is 18.5. The maximum Gasteiger partial charge on any atom is 0.318 e. The third-order valence-corrected chi connectivity index (χ3v) is 6.94. The van der Waals surface area contributed by atoms with E-state index in [1.54, 1.807) is 7.11 Å². The van der Waals surface area contributed by atoms with Gasteiger partial charge in [-0.2, -0.15) is 0 Å². The van der Waals surface area contributed by atoms with Crippen LogP contribution in [0.1, 0.15) is 35.6 Å². The van der Waals surface area contributed by atoms with Crippen molar-refractivity contribution < 1.29 is 9.53 Å². The predicted molar refractivity (Wildman–Crippen MR) is 113 cm³/mol. The average Bonchev–Trinajstić information content (AvgIpc) is 2.79. The molecule has 4 heterocycles. The van der Waals surface area contributed by atoms with E-state index in [0.29, 0.717) is 5.92 Å². The van der Waals surface area contributed by atoms with Gasteiger partial charge in [-0.05, 0) is 67.1 Å². The van der Waals surface area contributed by atoms with E-state index in [4.69, 9.17) is 4.74 Å². The summed E-state index contributed by atoms with van der Waals surface area (Å²) in [7, 11) is 1.68. The van der Waals surface area contributed by atoms with Gasteiger partial charge in [-0.25, -0.2) is 4.79 Å². The van der Waals surface area contributed by atoms with Crippen LogP contribution in [0.25, 0.3) is 0 Å². The highest BCUT2D eigenvalue weighted by molar-refractivity contribution is 5.76. The number of amides is 2. The molecule has 3 saturated heterocycles. The number of nitrogens with zero attached hydrogens (tertiary/aromatic N) is 2. The van der Waals surface area contributed by atoms with Gasteiger partial charge in [-0.15, -0.1) is 0 Å². The number of urea groups is 1. The van der Waals surface area contributed by atoms with Crippen molar-refractivity contribution in [3.05, 3.63) is 65.2 Å². The second-order valence-electron chi connectivity index (χ2n) is 8.51. The number of methoxy groups -OCH3 is 1. The van der Waals surface area contributed by atoms with Crippen LogP contribution in [0, 0.1) is 5.92 Å². The highest BCUT2D eigenvalue weighted by Crippen LogP contribution is 2.36. The Morgan fingerprint density at radius 2 is 1.79 bits per heavy atom. The molecule has 6 rings (SSSR count). The summed E-state index contributed by atoms with van der Waals surface area (Å²) in [5.74, 6) is 1.46. The standard InChI is InChI=1S/C24H29N3O2/c1-29-20-8-6-19(7-9-20)23-21-5-3-2-4-17(21)12-15-27(23)24(28)25-22-16-26-13-10-18(22)11-14-26/h2-9,18,22-23H,10-16H2,1H3,(H,25,28)/t22-,23-/m1/s1. The van der Waals surface area contributed by atoms with E-state index < -0.39 is 0 Å². The van der Waals surface area contributed by atoms with Gasteiger partial charge in [-0.1, -0.05) is 36.4 Å². The van der Waals surface area contributed by atoms with Gasteiger partial charge in [0, 0.05) is 19.1 Å². The predicted octanol–water partition coefficient (Wildman–Crippen LogP) is 3.45. The molecule has 2 aromatic rings. The number of benzene rings is 2. The fourth-order valence-corrected chi connectivity index (χ4v) is 5.30. The van der Waals surface area contributed by atoms with E-state index in [-0.39, 0.29) is 18.1 Å². The molecule has 5 nitrogen and oxygen atoms in total. The van der Waals surface area contributed by atoms with E-state index >= 15 is 0 Å². The van der Waals surface area contributed by atoms with Crippen LogP contribution in [-0.2, 0) is 6.42 Å². The topological polar surface area (TPSA) is 44.8 Å². The van der Waals surface area contributed by atoms with Crippen LogP contribution in [0.2, 0.25) is 0 Å². The fourth-order valence-electron chi connectivity index (χ4n) is 5.30. The molecule has 2 amide bonds. The van der Waals surface area contributed by atoms with Gasteiger partial charge < -0.3 is 19.9 Å². The van der Waals surface area contributed by atoms with Gasteiger partial charge in [0.05, 0.1) is 13.2 Å². The summed E-state index contributed by atoms with van der Waals surface area (Å²) in [6, 6.07) is 16.9. The molecule has 152 valence electrons. The molecule has 4 aliphatic heterocycles. The van der Waals surface area contributed by atoms with Crippen molar-refractivity contribution in [2.24, 2.45) is 5.92 Å². The number of carbonyl (C=O) groups is 1. The second kappa shape index (κ2) is 7.71. The van der Waals surface area contributed by atoms with Crippen LogP contribution < -0.4 is 10.1 Å². The van der Waals surface area contributed by atoms with Gasteiger partial charge in [0.1, 0.15) is 5.75 Å². The first-order valence-electron chi connectivity index (χ1n) is 10.7. The molecule has 3 fully saturated rings. The third kappa shape index (κ3) is 3.48. The van der Waals surface area contributed by atoms with Crippen LogP contribution in [0.4, 0.5) is 4.79 Å². The largest absolute Gasteiger partial charge is 0.497 e. The normalized spacial score (nSPS) is 28.0. The molecule has 0 unspecified atom stereocenters. The zero-order valence-electron chi connectivity index (χ0n) is 17.0. The van der Waals surface area contributed by atoms with E-state index in [1.807, 2.05) is 17.0 Å². The molecule has 0 radical (unpaired) electrons. The lowest BCUT2D eigenvalue weighted by Gasteiger charge is -2.46.